The van der Waals surface area contributed by atoms with Gasteiger partial charge in [-0.3, -0.25) is 0 Å². The molecule has 1 aliphatic rings. The van der Waals surface area contributed by atoms with E-state index >= 15 is 0 Å². The van der Waals surface area contributed by atoms with Crippen molar-refractivity contribution in [1.82, 2.24) is 15.2 Å². The Bertz CT molecular complexity index is 695. The van der Waals surface area contributed by atoms with Crippen molar-refractivity contribution in [3.05, 3.63) is 41.2 Å². The molecule has 1 atom stereocenters. The highest BCUT2D eigenvalue weighted by Gasteiger charge is 2.25. The molecule has 8 heteroatoms. The number of nitrogens with one attached hydrogen (secondary N) is 1. The Hall–Kier alpha value is -2.41. The summed E-state index contributed by atoms with van der Waals surface area (Å²) in [5.74, 6) is 0.920. The van der Waals surface area contributed by atoms with E-state index in [1.165, 1.54) is 7.11 Å². The Labute approximate surface area is 138 Å². The third kappa shape index (κ3) is 3.50. The molecule has 2 aromatic heterocycles. The van der Waals surface area contributed by atoms with E-state index in [1.54, 1.807) is 18.3 Å². The molecular weight excluding hydrogens is 318 g/mol. The van der Waals surface area contributed by atoms with Crippen LogP contribution in [0, 0.1) is 0 Å². The first kappa shape index (κ1) is 15.5. The summed E-state index contributed by atoms with van der Waals surface area (Å²) in [6, 6.07) is 7.17. The van der Waals surface area contributed by atoms with Crippen LogP contribution in [-0.2, 0) is 4.74 Å². The zero-order valence-electron chi connectivity index (χ0n) is 12.6. The summed E-state index contributed by atoms with van der Waals surface area (Å²) in [5, 5.41) is 11.8. The van der Waals surface area contributed by atoms with Gasteiger partial charge in [0.05, 0.1) is 12.1 Å². The molecule has 0 bridgehead atoms. The standard InChI is InChI=1S/C15H16ClN5O2/c1-23-15(22)12-4-5-13(20-19-12)18-10-6-8-21(9-10)14-11(16)3-2-7-17-14/h2-5,7,10H,6,8-9H2,1H3,(H,18,20)/t10-/m0/s1. The summed E-state index contributed by atoms with van der Waals surface area (Å²) in [6.07, 6.45) is 2.67. The smallest absolute Gasteiger partial charge is 0.358 e. The van der Waals surface area contributed by atoms with Crippen LogP contribution >= 0.6 is 11.6 Å². The monoisotopic (exact) mass is 333 g/mol. The summed E-state index contributed by atoms with van der Waals surface area (Å²) >= 11 is 6.18. The second kappa shape index (κ2) is 6.78. The summed E-state index contributed by atoms with van der Waals surface area (Å²) in [4.78, 5) is 17.8. The van der Waals surface area contributed by atoms with Gasteiger partial charge in [0.25, 0.3) is 0 Å². The van der Waals surface area contributed by atoms with E-state index in [-0.39, 0.29) is 11.7 Å². The third-order valence-electron chi connectivity index (χ3n) is 3.64. The molecule has 0 saturated carbocycles. The van der Waals surface area contributed by atoms with E-state index in [9.17, 15) is 4.79 Å². The lowest BCUT2D eigenvalue weighted by atomic mass is 10.2. The van der Waals surface area contributed by atoms with Gasteiger partial charge in [-0.25, -0.2) is 9.78 Å². The number of anilines is 2. The first-order valence-corrected chi connectivity index (χ1v) is 7.59. The van der Waals surface area contributed by atoms with Crippen LogP contribution in [0.4, 0.5) is 11.6 Å². The van der Waals surface area contributed by atoms with E-state index in [0.29, 0.717) is 10.8 Å². The van der Waals surface area contributed by atoms with Gasteiger partial charge in [0, 0.05) is 25.3 Å². The van der Waals surface area contributed by atoms with E-state index < -0.39 is 5.97 Å². The summed E-state index contributed by atoms with van der Waals surface area (Å²) < 4.78 is 4.60. The lowest BCUT2D eigenvalue weighted by Crippen LogP contribution is -2.27. The molecule has 7 nitrogen and oxygen atoms in total. The van der Waals surface area contributed by atoms with Crippen LogP contribution in [0.5, 0.6) is 0 Å². The van der Waals surface area contributed by atoms with Crippen LogP contribution in [0.3, 0.4) is 0 Å². The maximum atomic E-state index is 11.3. The number of ether oxygens (including phenoxy) is 1. The van der Waals surface area contributed by atoms with E-state index in [2.05, 4.69) is 30.1 Å². The number of nitrogens with zero attached hydrogens (tertiary/aromatic N) is 4. The maximum absolute atomic E-state index is 11.3. The number of hydrogen-bond acceptors (Lipinski definition) is 7. The molecule has 23 heavy (non-hydrogen) atoms. The number of pyridine rings is 1. The van der Waals surface area contributed by atoms with Gasteiger partial charge in [-0.15, -0.1) is 10.2 Å². The Morgan fingerprint density at radius 2 is 2.26 bits per heavy atom. The zero-order valence-corrected chi connectivity index (χ0v) is 13.3. The molecule has 1 saturated heterocycles. The fourth-order valence-electron chi connectivity index (χ4n) is 2.51. The molecule has 1 fully saturated rings. The minimum absolute atomic E-state index is 0.186. The van der Waals surface area contributed by atoms with Gasteiger partial charge < -0.3 is 15.0 Å². The molecule has 3 rings (SSSR count). The average molecular weight is 334 g/mol. The number of carbonyl (C=O) groups excluding carboxylic acids is 1. The number of hydrogen-bond donors (Lipinski definition) is 1. The zero-order chi connectivity index (χ0) is 16.2. The van der Waals surface area contributed by atoms with Crippen LogP contribution in [0.2, 0.25) is 5.02 Å². The molecule has 1 aliphatic heterocycles. The quantitative estimate of drug-likeness (QED) is 0.857. The first-order valence-electron chi connectivity index (χ1n) is 7.21. The molecule has 2 aromatic rings. The third-order valence-corrected chi connectivity index (χ3v) is 3.93. The fraction of sp³-hybridized carbons (Fsp3) is 0.333. The van der Waals surface area contributed by atoms with Crippen molar-refractivity contribution in [3.8, 4) is 0 Å². The van der Waals surface area contributed by atoms with Gasteiger partial charge in [-0.2, -0.15) is 0 Å². The predicted octanol–water partition coefficient (Wildman–Crippen LogP) is 2.00. The van der Waals surface area contributed by atoms with Gasteiger partial charge in [-0.1, -0.05) is 11.6 Å². The topological polar surface area (TPSA) is 80.2 Å². The summed E-state index contributed by atoms with van der Waals surface area (Å²) in [6.45, 7) is 1.64. The van der Waals surface area contributed by atoms with Crippen LogP contribution in [0.25, 0.3) is 0 Å². The average Bonchev–Trinajstić information content (AvgIpc) is 3.03. The highest BCUT2D eigenvalue weighted by molar-refractivity contribution is 6.32. The molecule has 0 aromatic carbocycles. The van der Waals surface area contributed by atoms with Crippen molar-refractivity contribution in [3.63, 3.8) is 0 Å². The summed E-state index contributed by atoms with van der Waals surface area (Å²) in [5.41, 5.74) is 0.186. The molecular formula is C15H16ClN5O2. The predicted molar refractivity (Wildman–Crippen MR) is 86.9 cm³/mol. The van der Waals surface area contributed by atoms with Crippen molar-refractivity contribution in [1.29, 1.82) is 0 Å². The molecule has 0 aliphatic carbocycles. The minimum Gasteiger partial charge on any atom is -0.464 e. The molecule has 1 N–H and O–H groups in total. The van der Waals surface area contributed by atoms with Crippen LogP contribution in [-0.4, -0.2) is 47.4 Å². The molecule has 3 heterocycles. The number of methoxy groups -OCH3 is 1. The molecule has 120 valence electrons. The number of rotatable bonds is 4. The van der Waals surface area contributed by atoms with Crippen molar-refractivity contribution >= 4 is 29.2 Å². The van der Waals surface area contributed by atoms with Crippen molar-refractivity contribution in [2.45, 2.75) is 12.5 Å². The van der Waals surface area contributed by atoms with E-state index in [0.717, 1.165) is 25.3 Å². The van der Waals surface area contributed by atoms with Crippen LogP contribution in [0.15, 0.2) is 30.5 Å². The van der Waals surface area contributed by atoms with Crippen molar-refractivity contribution in [2.24, 2.45) is 0 Å². The maximum Gasteiger partial charge on any atom is 0.358 e. The number of carbonyl (C=O) groups is 1. The van der Waals surface area contributed by atoms with Gasteiger partial charge >= 0.3 is 5.97 Å². The lowest BCUT2D eigenvalue weighted by molar-refractivity contribution is 0.0593. The van der Waals surface area contributed by atoms with Gasteiger partial charge in [-0.05, 0) is 30.7 Å². The van der Waals surface area contributed by atoms with E-state index in [4.69, 9.17) is 11.6 Å². The van der Waals surface area contributed by atoms with Gasteiger partial charge in [0.2, 0.25) is 0 Å². The van der Waals surface area contributed by atoms with Gasteiger partial charge in [0.15, 0.2) is 5.69 Å². The van der Waals surface area contributed by atoms with Crippen molar-refractivity contribution in [2.75, 3.05) is 30.4 Å². The van der Waals surface area contributed by atoms with Crippen LogP contribution < -0.4 is 10.2 Å². The Balaban J connectivity index is 1.62. The first-order chi connectivity index (χ1) is 11.2. The number of aromatic nitrogens is 3. The Morgan fingerprint density at radius 3 is 2.96 bits per heavy atom. The second-order valence-electron chi connectivity index (χ2n) is 5.18. The minimum atomic E-state index is -0.499. The molecule has 0 radical (unpaired) electrons. The van der Waals surface area contributed by atoms with Crippen LogP contribution in [0.1, 0.15) is 16.9 Å². The second-order valence-corrected chi connectivity index (χ2v) is 5.59. The Kier molecular flexibility index (Phi) is 4.57. The fourth-order valence-corrected chi connectivity index (χ4v) is 2.75. The number of halogens is 1. The van der Waals surface area contributed by atoms with E-state index in [1.807, 2.05) is 12.1 Å². The number of esters is 1. The molecule has 0 unspecified atom stereocenters. The summed E-state index contributed by atoms with van der Waals surface area (Å²) in [7, 11) is 1.31. The normalized spacial score (nSPS) is 17.1. The highest BCUT2D eigenvalue weighted by Crippen LogP contribution is 2.26. The molecule has 0 spiro atoms. The van der Waals surface area contributed by atoms with Crippen molar-refractivity contribution < 1.29 is 9.53 Å². The Morgan fingerprint density at radius 1 is 1.39 bits per heavy atom. The highest BCUT2D eigenvalue weighted by atomic mass is 35.5. The van der Waals surface area contributed by atoms with Gasteiger partial charge in [0.1, 0.15) is 11.6 Å². The SMILES string of the molecule is COC(=O)c1ccc(N[C@H]2CCN(c3ncccc3Cl)C2)nn1. The largest absolute Gasteiger partial charge is 0.464 e. The molecule has 0 amide bonds. The lowest BCUT2D eigenvalue weighted by Gasteiger charge is -2.19.